The van der Waals surface area contributed by atoms with Gasteiger partial charge in [0.05, 0.1) is 12.5 Å². The molecule has 0 aromatic heterocycles. The van der Waals surface area contributed by atoms with E-state index in [-0.39, 0.29) is 17.7 Å². The minimum atomic E-state index is -0.896. The van der Waals surface area contributed by atoms with E-state index in [1.165, 1.54) is 19.3 Å². The fourth-order valence-corrected chi connectivity index (χ4v) is 3.14. The van der Waals surface area contributed by atoms with Crippen LogP contribution in [0.3, 0.4) is 0 Å². The van der Waals surface area contributed by atoms with Crippen LogP contribution in [0.4, 0.5) is 0 Å². The van der Waals surface area contributed by atoms with Crippen molar-refractivity contribution < 1.29 is 14.7 Å². The van der Waals surface area contributed by atoms with Crippen LogP contribution in [-0.4, -0.2) is 36.1 Å². The van der Waals surface area contributed by atoms with Crippen molar-refractivity contribution >= 4 is 11.8 Å². The molecule has 0 radical (unpaired) electrons. The highest BCUT2D eigenvalue weighted by molar-refractivity contribution is 5.90. The number of aliphatic hydroxyl groups is 1. The maximum absolute atomic E-state index is 12.3. The Morgan fingerprint density at radius 1 is 1.12 bits per heavy atom. The first-order valence-electron chi connectivity index (χ1n) is 8.85. The summed E-state index contributed by atoms with van der Waals surface area (Å²) in [6.45, 7) is 2.02. The summed E-state index contributed by atoms with van der Waals surface area (Å²) in [5, 5.41) is 15.0. The van der Waals surface area contributed by atoms with E-state index in [1.54, 1.807) is 6.92 Å². The second kappa shape index (κ2) is 9.42. The standard InChI is InChI=1S/C19H28N2O3/c1-14(16-10-6-3-7-11-16)18(23)21-17(13-22)19(24)20-12-15-8-4-2-5-9-15/h3,6-7,10-11,14-15,17,22H,2,4-5,8-9,12-13H2,1H3,(H,20,24)(H,21,23). The van der Waals surface area contributed by atoms with Crippen LogP contribution in [0.2, 0.25) is 0 Å². The van der Waals surface area contributed by atoms with Gasteiger partial charge in [0, 0.05) is 6.54 Å². The monoisotopic (exact) mass is 332 g/mol. The van der Waals surface area contributed by atoms with Crippen molar-refractivity contribution in [2.75, 3.05) is 13.2 Å². The molecular weight excluding hydrogens is 304 g/mol. The van der Waals surface area contributed by atoms with Crippen molar-refractivity contribution in [2.45, 2.75) is 51.0 Å². The van der Waals surface area contributed by atoms with Crippen molar-refractivity contribution in [3.05, 3.63) is 35.9 Å². The van der Waals surface area contributed by atoms with Crippen molar-refractivity contribution in [1.29, 1.82) is 0 Å². The molecule has 2 rings (SSSR count). The highest BCUT2D eigenvalue weighted by Gasteiger charge is 2.24. The van der Waals surface area contributed by atoms with Gasteiger partial charge in [-0.05, 0) is 31.2 Å². The highest BCUT2D eigenvalue weighted by atomic mass is 16.3. The Labute approximate surface area is 143 Å². The topological polar surface area (TPSA) is 78.4 Å². The third-order valence-corrected chi connectivity index (χ3v) is 4.80. The smallest absolute Gasteiger partial charge is 0.244 e. The Kier molecular flexibility index (Phi) is 7.25. The van der Waals surface area contributed by atoms with E-state index < -0.39 is 12.6 Å². The maximum atomic E-state index is 12.3. The number of nitrogens with one attached hydrogen (secondary N) is 2. The fraction of sp³-hybridized carbons (Fsp3) is 0.579. The lowest BCUT2D eigenvalue weighted by Crippen LogP contribution is -2.50. The molecule has 5 heteroatoms. The van der Waals surface area contributed by atoms with Gasteiger partial charge in [0.1, 0.15) is 6.04 Å². The summed E-state index contributed by atoms with van der Waals surface area (Å²) in [6, 6.07) is 8.50. The zero-order chi connectivity index (χ0) is 17.4. The second-order valence-electron chi connectivity index (χ2n) is 6.63. The van der Waals surface area contributed by atoms with Crippen LogP contribution in [0.25, 0.3) is 0 Å². The largest absolute Gasteiger partial charge is 0.394 e. The predicted octanol–water partition coefficient (Wildman–Crippen LogP) is 1.96. The summed E-state index contributed by atoms with van der Waals surface area (Å²) in [7, 11) is 0. The lowest BCUT2D eigenvalue weighted by Gasteiger charge is -2.24. The van der Waals surface area contributed by atoms with Gasteiger partial charge in [-0.3, -0.25) is 9.59 Å². The van der Waals surface area contributed by atoms with E-state index in [1.807, 2.05) is 30.3 Å². The van der Waals surface area contributed by atoms with Crippen LogP contribution >= 0.6 is 0 Å². The quantitative estimate of drug-likeness (QED) is 0.714. The van der Waals surface area contributed by atoms with Crippen molar-refractivity contribution in [1.82, 2.24) is 10.6 Å². The minimum Gasteiger partial charge on any atom is -0.394 e. The zero-order valence-corrected chi connectivity index (χ0v) is 14.3. The molecule has 2 atom stereocenters. The molecule has 1 aliphatic rings. The highest BCUT2D eigenvalue weighted by Crippen LogP contribution is 2.22. The molecular formula is C19H28N2O3. The normalized spacial score (nSPS) is 17.8. The fourth-order valence-electron chi connectivity index (χ4n) is 3.14. The summed E-state index contributed by atoms with van der Waals surface area (Å²) in [5.41, 5.74) is 0.884. The molecule has 24 heavy (non-hydrogen) atoms. The maximum Gasteiger partial charge on any atom is 0.244 e. The molecule has 5 nitrogen and oxygen atoms in total. The Hall–Kier alpha value is -1.88. The SMILES string of the molecule is CC(C(=O)NC(CO)C(=O)NCC1CCCCC1)c1ccccc1. The Bertz CT molecular complexity index is 527. The first-order chi connectivity index (χ1) is 11.6. The van der Waals surface area contributed by atoms with Gasteiger partial charge in [0.2, 0.25) is 11.8 Å². The number of benzene rings is 1. The Morgan fingerprint density at radius 2 is 1.79 bits per heavy atom. The van der Waals surface area contributed by atoms with E-state index >= 15 is 0 Å². The van der Waals surface area contributed by atoms with E-state index in [9.17, 15) is 14.7 Å². The first kappa shape index (κ1) is 18.5. The van der Waals surface area contributed by atoms with Gasteiger partial charge >= 0.3 is 0 Å². The molecule has 0 heterocycles. The Balaban J connectivity index is 1.83. The molecule has 0 saturated heterocycles. The molecule has 2 amide bonds. The van der Waals surface area contributed by atoms with Crippen LogP contribution in [0.15, 0.2) is 30.3 Å². The number of carbonyl (C=O) groups excluding carboxylic acids is 2. The van der Waals surface area contributed by atoms with Gasteiger partial charge in [-0.1, -0.05) is 49.6 Å². The van der Waals surface area contributed by atoms with Crippen LogP contribution in [0.5, 0.6) is 0 Å². The minimum absolute atomic E-state index is 0.256. The number of hydrogen-bond donors (Lipinski definition) is 3. The molecule has 3 N–H and O–H groups in total. The molecule has 1 aromatic rings. The van der Waals surface area contributed by atoms with E-state index in [4.69, 9.17) is 0 Å². The molecule has 1 aliphatic carbocycles. The van der Waals surface area contributed by atoms with Gasteiger partial charge in [0.25, 0.3) is 0 Å². The lowest BCUT2D eigenvalue weighted by atomic mass is 9.89. The molecule has 0 aliphatic heterocycles. The third kappa shape index (κ3) is 5.34. The van der Waals surface area contributed by atoms with Gasteiger partial charge in [-0.2, -0.15) is 0 Å². The van der Waals surface area contributed by atoms with Gasteiger partial charge in [-0.15, -0.1) is 0 Å². The van der Waals surface area contributed by atoms with Crippen LogP contribution in [0, 0.1) is 5.92 Å². The zero-order valence-electron chi connectivity index (χ0n) is 14.3. The molecule has 1 saturated carbocycles. The number of aliphatic hydroxyl groups excluding tert-OH is 1. The van der Waals surface area contributed by atoms with E-state index in [0.717, 1.165) is 18.4 Å². The van der Waals surface area contributed by atoms with Crippen LogP contribution < -0.4 is 10.6 Å². The summed E-state index contributed by atoms with van der Waals surface area (Å²) >= 11 is 0. The summed E-state index contributed by atoms with van der Waals surface area (Å²) < 4.78 is 0. The molecule has 0 bridgehead atoms. The lowest BCUT2D eigenvalue weighted by molar-refractivity contribution is -0.130. The summed E-state index contributed by atoms with van der Waals surface area (Å²) in [5.74, 6) is -0.419. The van der Waals surface area contributed by atoms with Gasteiger partial charge in [0.15, 0.2) is 0 Å². The molecule has 1 aromatic carbocycles. The molecule has 0 spiro atoms. The number of amides is 2. The second-order valence-corrected chi connectivity index (χ2v) is 6.63. The molecule has 1 fully saturated rings. The van der Waals surface area contributed by atoms with E-state index in [0.29, 0.717) is 12.5 Å². The van der Waals surface area contributed by atoms with Crippen LogP contribution in [0.1, 0.15) is 50.5 Å². The van der Waals surface area contributed by atoms with Crippen molar-refractivity contribution in [3.63, 3.8) is 0 Å². The predicted molar refractivity (Wildman–Crippen MR) is 93.5 cm³/mol. The van der Waals surface area contributed by atoms with Crippen molar-refractivity contribution in [2.24, 2.45) is 5.92 Å². The van der Waals surface area contributed by atoms with Crippen molar-refractivity contribution in [3.8, 4) is 0 Å². The Morgan fingerprint density at radius 3 is 2.42 bits per heavy atom. The van der Waals surface area contributed by atoms with Gasteiger partial charge < -0.3 is 15.7 Å². The molecule has 2 unspecified atom stereocenters. The third-order valence-electron chi connectivity index (χ3n) is 4.80. The van der Waals surface area contributed by atoms with E-state index in [2.05, 4.69) is 10.6 Å². The number of carbonyl (C=O) groups is 2. The number of rotatable bonds is 7. The number of hydrogen-bond acceptors (Lipinski definition) is 3. The first-order valence-corrected chi connectivity index (χ1v) is 8.85. The average Bonchev–Trinajstić information content (AvgIpc) is 2.64. The van der Waals surface area contributed by atoms with Crippen LogP contribution in [-0.2, 0) is 9.59 Å². The summed E-state index contributed by atoms with van der Waals surface area (Å²) in [6.07, 6.45) is 5.99. The molecule has 132 valence electrons. The summed E-state index contributed by atoms with van der Waals surface area (Å²) in [4.78, 5) is 24.5. The van der Waals surface area contributed by atoms with Gasteiger partial charge in [-0.25, -0.2) is 0 Å². The average molecular weight is 332 g/mol.